The maximum atomic E-state index is 12.5. The average molecular weight is 365 g/mol. The molecule has 1 amide bonds. The summed E-state index contributed by atoms with van der Waals surface area (Å²) in [6, 6.07) is 11.3. The van der Waals surface area contributed by atoms with Gasteiger partial charge in [-0.3, -0.25) is 4.79 Å². The Balaban J connectivity index is 1.86. The maximum Gasteiger partial charge on any atom is 0.255 e. The molecule has 1 aliphatic carbocycles. The van der Waals surface area contributed by atoms with Crippen LogP contribution in [-0.4, -0.2) is 20.4 Å². The quantitative estimate of drug-likeness (QED) is 0.854. The number of amides is 1. The predicted octanol–water partition coefficient (Wildman–Crippen LogP) is 3.34. The molecule has 2 N–H and O–H groups in total. The molecule has 126 valence electrons. The van der Waals surface area contributed by atoms with Crippen molar-refractivity contribution >= 4 is 33.2 Å². The summed E-state index contributed by atoms with van der Waals surface area (Å²) in [5.41, 5.74) is 1.56. The zero-order valence-electron chi connectivity index (χ0n) is 13.0. The standard InChI is InChI=1S/C17H17ClN2O3S/c1-11-5-8-15(24(22,23)20-13-6-7-13)10-16(11)17(21)19-14-4-2-3-12(18)9-14/h2-5,8-10,13,20H,6-7H2,1H3,(H,19,21). The summed E-state index contributed by atoms with van der Waals surface area (Å²) < 4.78 is 27.2. The molecule has 0 unspecified atom stereocenters. The van der Waals surface area contributed by atoms with Crippen LogP contribution in [-0.2, 0) is 10.0 Å². The van der Waals surface area contributed by atoms with Crippen LogP contribution in [0, 0.1) is 6.92 Å². The van der Waals surface area contributed by atoms with E-state index in [0.29, 0.717) is 21.8 Å². The van der Waals surface area contributed by atoms with Crippen LogP contribution < -0.4 is 10.0 Å². The molecule has 5 nitrogen and oxygen atoms in total. The summed E-state index contributed by atoms with van der Waals surface area (Å²) in [5.74, 6) is -0.377. The fourth-order valence-corrected chi connectivity index (χ4v) is 3.79. The normalized spacial score (nSPS) is 14.4. The van der Waals surface area contributed by atoms with Crippen molar-refractivity contribution in [2.45, 2.75) is 30.7 Å². The topological polar surface area (TPSA) is 75.3 Å². The predicted molar refractivity (Wildman–Crippen MR) is 93.9 cm³/mol. The van der Waals surface area contributed by atoms with Crippen molar-refractivity contribution in [1.82, 2.24) is 4.72 Å². The first kappa shape index (κ1) is 17.0. The lowest BCUT2D eigenvalue weighted by Gasteiger charge is -2.11. The summed E-state index contributed by atoms with van der Waals surface area (Å²) in [4.78, 5) is 12.6. The number of rotatable bonds is 5. The second-order valence-corrected chi connectivity index (χ2v) is 7.99. The summed E-state index contributed by atoms with van der Waals surface area (Å²) in [6.07, 6.45) is 1.71. The van der Waals surface area contributed by atoms with Crippen LogP contribution in [0.25, 0.3) is 0 Å². The molecule has 24 heavy (non-hydrogen) atoms. The SMILES string of the molecule is Cc1ccc(S(=O)(=O)NC2CC2)cc1C(=O)Nc1cccc(Cl)c1. The van der Waals surface area contributed by atoms with Gasteiger partial charge in [0.05, 0.1) is 4.90 Å². The molecule has 2 aromatic rings. The van der Waals surface area contributed by atoms with Crippen LogP contribution in [0.4, 0.5) is 5.69 Å². The monoisotopic (exact) mass is 364 g/mol. The fraction of sp³-hybridized carbons (Fsp3) is 0.235. The Kier molecular flexibility index (Phi) is 4.62. The highest BCUT2D eigenvalue weighted by molar-refractivity contribution is 7.89. The van der Waals surface area contributed by atoms with Gasteiger partial charge in [0.1, 0.15) is 0 Å². The van der Waals surface area contributed by atoms with Gasteiger partial charge < -0.3 is 5.32 Å². The zero-order valence-corrected chi connectivity index (χ0v) is 14.6. The number of carbonyl (C=O) groups excluding carboxylic acids is 1. The van der Waals surface area contributed by atoms with E-state index in [4.69, 9.17) is 11.6 Å². The number of sulfonamides is 1. The number of halogens is 1. The summed E-state index contributed by atoms with van der Waals surface area (Å²) >= 11 is 5.91. The van der Waals surface area contributed by atoms with Crippen LogP contribution >= 0.6 is 11.6 Å². The van der Waals surface area contributed by atoms with Gasteiger partial charge in [-0.05, 0) is 55.7 Å². The van der Waals surface area contributed by atoms with Gasteiger partial charge in [-0.1, -0.05) is 23.7 Å². The Morgan fingerprint density at radius 1 is 1.17 bits per heavy atom. The van der Waals surface area contributed by atoms with Gasteiger partial charge in [0, 0.05) is 22.3 Å². The molecule has 0 aliphatic heterocycles. The lowest BCUT2D eigenvalue weighted by Crippen LogP contribution is -2.26. The van der Waals surface area contributed by atoms with Crippen LogP contribution in [0.1, 0.15) is 28.8 Å². The van der Waals surface area contributed by atoms with E-state index in [1.54, 1.807) is 37.3 Å². The van der Waals surface area contributed by atoms with Gasteiger partial charge in [0.15, 0.2) is 0 Å². The Hall–Kier alpha value is -1.89. The van der Waals surface area contributed by atoms with Crippen LogP contribution in [0.15, 0.2) is 47.4 Å². The van der Waals surface area contributed by atoms with Crippen molar-refractivity contribution in [2.24, 2.45) is 0 Å². The lowest BCUT2D eigenvalue weighted by molar-refractivity contribution is 0.102. The molecule has 0 spiro atoms. The largest absolute Gasteiger partial charge is 0.322 e. The highest BCUT2D eigenvalue weighted by Gasteiger charge is 2.28. The molecule has 1 aliphatic rings. The molecule has 0 radical (unpaired) electrons. The van der Waals surface area contributed by atoms with E-state index in [9.17, 15) is 13.2 Å². The summed E-state index contributed by atoms with van der Waals surface area (Å²) in [5, 5.41) is 3.24. The number of aryl methyl sites for hydroxylation is 1. The van der Waals surface area contributed by atoms with E-state index < -0.39 is 10.0 Å². The van der Waals surface area contributed by atoms with Gasteiger partial charge >= 0.3 is 0 Å². The molecule has 3 rings (SSSR count). The van der Waals surface area contributed by atoms with E-state index in [0.717, 1.165) is 12.8 Å². The van der Waals surface area contributed by atoms with Crippen LogP contribution in [0.2, 0.25) is 5.02 Å². The van der Waals surface area contributed by atoms with E-state index >= 15 is 0 Å². The lowest BCUT2D eigenvalue weighted by atomic mass is 10.1. The third-order valence-corrected chi connectivity index (χ3v) is 5.50. The third kappa shape index (κ3) is 3.95. The molecule has 0 atom stereocenters. The second-order valence-electron chi connectivity index (χ2n) is 5.84. The summed E-state index contributed by atoms with van der Waals surface area (Å²) in [6.45, 7) is 1.76. The minimum absolute atomic E-state index is 0.0139. The minimum Gasteiger partial charge on any atom is -0.322 e. The maximum absolute atomic E-state index is 12.5. The number of hydrogen-bond acceptors (Lipinski definition) is 3. The molecular formula is C17H17ClN2O3S. The first-order chi connectivity index (χ1) is 11.3. The number of carbonyl (C=O) groups is 1. The van der Waals surface area contributed by atoms with Crippen molar-refractivity contribution in [3.8, 4) is 0 Å². The molecule has 0 bridgehead atoms. The van der Waals surface area contributed by atoms with Crippen molar-refractivity contribution in [2.75, 3.05) is 5.32 Å². The van der Waals surface area contributed by atoms with Crippen molar-refractivity contribution in [1.29, 1.82) is 0 Å². The van der Waals surface area contributed by atoms with Crippen molar-refractivity contribution < 1.29 is 13.2 Å². The van der Waals surface area contributed by atoms with Gasteiger partial charge in [0.2, 0.25) is 10.0 Å². The smallest absolute Gasteiger partial charge is 0.255 e. The molecule has 0 heterocycles. The Bertz CT molecular complexity index is 892. The number of hydrogen-bond donors (Lipinski definition) is 2. The highest BCUT2D eigenvalue weighted by atomic mass is 35.5. The number of benzene rings is 2. The molecule has 1 fully saturated rings. The molecular weight excluding hydrogens is 348 g/mol. The number of nitrogens with one attached hydrogen (secondary N) is 2. The van der Waals surface area contributed by atoms with E-state index in [1.165, 1.54) is 12.1 Å². The molecule has 1 saturated carbocycles. The van der Waals surface area contributed by atoms with Crippen molar-refractivity contribution in [3.05, 3.63) is 58.6 Å². The average Bonchev–Trinajstić information content (AvgIpc) is 3.30. The molecule has 7 heteroatoms. The molecule has 0 aromatic heterocycles. The Morgan fingerprint density at radius 3 is 2.58 bits per heavy atom. The Morgan fingerprint density at radius 2 is 1.92 bits per heavy atom. The van der Waals surface area contributed by atoms with E-state index in [-0.39, 0.29) is 16.8 Å². The Labute approximate surface area is 146 Å². The van der Waals surface area contributed by atoms with E-state index in [1.807, 2.05) is 0 Å². The van der Waals surface area contributed by atoms with Gasteiger partial charge in [-0.2, -0.15) is 0 Å². The van der Waals surface area contributed by atoms with E-state index in [2.05, 4.69) is 10.0 Å². The van der Waals surface area contributed by atoms with Crippen molar-refractivity contribution in [3.63, 3.8) is 0 Å². The first-order valence-electron chi connectivity index (χ1n) is 7.55. The second kappa shape index (κ2) is 6.55. The van der Waals surface area contributed by atoms with Crippen LogP contribution in [0.3, 0.4) is 0 Å². The minimum atomic E-state index is -3.60. The van der Waals surface area contributed by atoms with Gasteiger partial charge in [-0.25, -0.2) is 13.1 Å². The third-order valence-electron chi connectivity index (χ3n) is 3.75. The van der Waals surface area contributed by atoms with Gasteiger partial charge in [-0.15, -0.1) is 0 Å². The van der Waals surface area contributed by atoms with Crippen LogP contribution in [0.5, 0.6) is 0 Å². The fourth-order valence-electron chi connectivity index (χ4n) is 2.27. The highest BCUT2D eigenvalue weighted by Crippen LogP contribution is 2.24. The molecule has 2 aromatic carbocycles. The first-order valence-corrected chi connectivity index (χ1v) is 9.41. The number of anilines is 1. The molecule has 0 saturated heterocycles. The summed E-state index contributed by atoms with van der Waals surface area (Å²) in [7, 11) is -3.60. The zero-order chi connectivity index (χ0) is 17.3. The van der Waals surface area contributed by atoms with Gasteiger partial charge in [0.25, 0.3) is 5.91 Å².